The molecule has 0 spiro atoms. The highest BCUT2D eigenvalue weighted by atomic mass is 32.1. The van der Waals surface area contributed by atoms with Gasteiger partial charge in [0.15, 0.2) is 10.7 Å². The minimum atomic E-state index is -0.253. The van der Waals surface area contributed by atoms with Crippen molar-refractivity contribution in [3.05, 3.63) is 83.9 Å². The topological polar surface area (TPSA) is 67.2 Å². The van der Waals surface area contributed by atoms with Crippen LogP contribution in [0.25, 0.3) is 22.6 Å². The zero-order valence-corrected chi connectivity index (χ0v) is 15.9. The number of benzene rings is 3. The molecule has 1 heterocycles. The number of anilines is 1. The number of oxazole rings is 1. The first-order chi connectivity index (χ1) is 13.6. The molecule has 4 aromatic rings. The first kappa shape index (κ1) is 17.9. The normalized spacial score (nSPS) is 10.6. The Bertz CT molecular complexity index is 1150. The molecule has 0 aliphatic heterocycles. The van der Waals surface area contributed by atoms with E-state index in [0.717, 1.165) is 27.9 Å². The third-order valence-corrected chi connectivity index (χ3v) is 4.40. The van der Waals surface area contributed by atoms with Gasteiger partial charge in [-0.1, -0.05) is 24.3 Å². The summed E-state index contributed by atoms with van der Waals surface area (Å²) in [5, 5.41) is 5.90. The molecular formula is C22H17N3O2S. The van der Waals surface area contributed by atoms with Crippen LogP contribution in [0.15, 0.2) is 77.2 Å². The predicted molar refractivity (Wildman–Crippen MR) is 114 cm³/mol. The molecule has 0 radical (unpaired) electrons. The first-order valence-corrected chi connectivity index (χ1v) is 9.14. The van der Waals surface area contributed by atoms with E-state index in [9.17, 15) is 4.79 Å². The van der Waals surface area contributed by atoms with Crippen molar-refractivity contribution < 1.29 is 9.21 Å². The Kier molecular flexibility index (Phi) is 4.87. The Balaban J connectivity index is 1.44. The van der Waals surface area contributed by atoms with E-state index in [1.165, 1.54) is 0 Å². The van der Waals surface area contributed by atoms with E-state index >= 15 is 0 Å². The maximum Gasteiger partial charge on any atom is 0.257 e. The van der Waals surface area contributed by atoms with Crippen molar-refractivity contribution >= 4 is 40.0 Å². The lowest BCUT2D eigenvalue weighted by molar-refractivity contribution is 0.0977. The van der Waals surface area contributed by atoms with Gasteiger partial charge in [-0.25, -0.2) is 4.98 Å². The van der Waals surface area contributed by atoms with E-state index in [1.807, 2.05) is 55.5 Å². The van der Waals surface area contributed by atoms with Gasteiger partial charge in [0.2, 0.25) is 5.89 Å². The SMILES string of the molecule is Cc1ccc2nc(-c3ccc(NC(=S)NC(=O)c4ccccc4)cc3)oc2c1. The van der Waals surface area contributed by atoms with E-state index in [0.29, 0.717) is 11.5 Å². The largest absolute Gasteiger partial charge is 0.436 e. The summed E-state index contributed by atoms with van der Waals surface area (Å²) in [6.07, 6.45) is 0. The number of carbonyl (C=O) groups is 1. The molecule has 138 valence electrons. The number of nitrogens with one attached hydrogen (secondary N) is 2. The molecule has 2 N–H and O–H groups in total. The molecule has 0 saturated carbocycles. The number of hydrogen-bond donors (Lipinski definition) is 2. The summed E-state index contributed by atoms with van der Waals surface area (Å²) in [6.45, 7) is 2.02. The lowest BCUT2D eigenvalue weighted by atomic mass is 10.2. The molecule has 1 amide bonds. The van der Waals surface area contributed by atoms with Crippen LogP contribution in [-0.2, 0) is 0 Å². The highest BCUT2D eigenvalue weighted by Crippen LogP contribution is 2.26. The van der Waals surface area contributed by atoms with Crippen molar-refractivity contribution in [2.75, 3.05) is 5.32 Å². The standard InChI is InChI=1S/C22H17N3O2S/c1-14-7-12-18-19(13-14)27-21(24-18)16-8-10-17(11-9-16)23-22(28)25-20(26)15-5-3-2-4-6-15/h2-13H,1H3,(H2,23,25,26,28). The average Bonchev–Trinajstić information content (AvgIpc) is 3.12. The number of hydrogen-bond acceptors (Lipinski definition) is 4. The van der Waals surface area contributed by atoms with Gasteiger partial charge >= 0.3 is 0 Å². The number of amides is 1. The molecule has 0 unspecified atom stereocenters. The van der Waals surface area contributed by atoms with Crippen LogP contribution >= 0.6 is 12.2 Å². The Labute approximate surface area is 167 Å². The Morgan fingerprint density at radius 1 is 1.00 bits per heavy atom. The van der Waals surface area contributed by atoms with Crippen LogP contribution in [-0.4, -0.2) is 16.0 Å². The molecule has 0 atom stereocenters. The molecule has 1 aromatic heterocycles. The highest BCUT2D eigenvalue weighted by molar-refractivity contribution is 7.80. The van der Waals surface area contributed by atoms with Crippen molar-refractivity contribution in [3.8, 4) is 11.5 Å². The lowest BCUT2D eigenvalue weighted by Crippen LogP contribution is -2.34. The summed E-state index contributed by atoms with van der Waals surface area (Å²) in [6, 6.07) is 22.3. The van der Waals surface area contributed by atoms with Gasteiger partial charge < -0.3 is 9.73 Å². The van der Waals surface area contributed by atoms with Crippen LogP contribution < -0.4 is 10.6 Å². The second kappa shape index (κ2) is 7.62. The summed E-state index contributed by atoms with van der Waals surface area (Å²) in [5.74, 6) is 0.309. The van der Waals surface area contributed by atoms with E-state index in [-0.39, 0.29) is 11.0 Å². The van der Waals surface area contributed by atoms with E-state index < -0.39 is 0 Å². The Morgan fingerprint density at radius 3 is 2.50 bits per heavy atom. The van der Waals surface area contributed by atoms with Crippen molar-refractivity contribution in [2.45, 2.75) is 6.92 Å². The van der Waals surface area contributed by atoms with Gasteiger partial charge in [-0.05, 0) is 73.2 Å². The van der Waals surface area contributed by atoms with Gasteiger partial charge in [-0.15, -0.1) is 0 Å². The number of rotatable bonds is 3. The molecule has 4 rings (SSSR count). The quantitative estimate of drug-likeness (QED) is 0.488. The fourth-order valence-corrected chi connectivity index (χ4v) is 2.99. The monoisotopic (exact) mass is 387 g/mol. The molecule has 0 aliphatic carbocycles. The number of carbonyl (C=O) groups excluding carboxylic acids is 1. The van der Waals surface area contributed by atoms with Crippen molar-refractivity contribution in [1.82, 2.24) is 10.3 Å². The van der Waals surface area contributed by atoms with Crippen LogP contribution in [0, 0.1) is 6.92 Å². The van der Waals surface area contributed by atoms with Gasteiger partial charge in [0, 0.05) is 16.8 Å². The molecule has 0 aliphatic rings. The summed E-state index contributed by atoms with van der Waals surface area (Å²) < 4.78 is 5.84. The molecule has 0 saturated heterocycles. The fraction of sp³-hybridized carbons (Fsp3) is 0.0455. The molecule has 3 aromatic carbocycles. The summed E-state index contributed by atoms with van der Waals surface area (Å²) in [4.78, 5) is 16.7. The van der Waals surface area contributed by atoms with Gasteiger partial charge in [0.1, 0.15) is 5.52 Å². The lowest BCUT2D eigenvalue weighted by Gasteiger charge is -2.09. The first-order valence-electron chi connectivity index (χ1n) is 8.73. The number of fused-ring (bicyclic) bond motifs is 1. The summed E-state index contributed by atoms with van der Waals surface area (Å²) in [7, 11) is 0. The Morgan fingerprint density at radius 2 is 1.75 bits per heavy atom. The number of thiocarbonyl (C=S) groups is 1. The molecule has 5 nitrogen and oxygen atoms in total. The van der Waals surface area contributed by atoms with E-state index in [1.54, 1.807) is 24.3 Å². The van der Waals surface area contributed by atoms with E-state index in [4.69, 9.17) is 16.6 Å². The van der Waals surface area contributed by atoms with Crippen LogP contribution in [0.3, 0.4) is 0 Å². The third kappa shape index (κ3) is 3.92. The number of aryl methyl sites for hydroxylation is 1. The van der Waals surface area contributed by atoms with Gasteiger partial charge in [0.05, 0.1) is 0 Å². The number of aromatic nitrogens is 1. The zero-order chi connectivity index (χ0) is 19.5. The maximum atomic E-state index is 12.1. The zero-order valence-electron chi connectivity index (χ0n) is 15.1. The molecular weight excluding hydrogens is 370 g/mol. The second-order valence-corrected chi connectivity index (χ2v) is 6.75. The third-order valence-electron chi connectivity index (χ3n) is 4.20. The van der Waals surface area contributed by atoms with Gasteiger partial charge in [-0.3, -0.25) is 10.1 Å². The van der Waals surface area contributed by atoms with E-state index in [2.05, 4.69) is 15.6 Å². The van der Waals surface area contributed by atoms with Crippen molar-refractivity contribution in [2.24, 2.45) is 0 Å². The van der Waals surface area contributed by atoms with Gasteiger partial charge in [-0.2, -0.15) is 0 Å². The average molecular weight is 387 g/mol. The highest BCUT2D eigenvalue weighted by Gasteiger charge is 2.10. The minimum Gasteiger partial charge on any atom is -0.436 e. The smallest absolute Gasteiger partial charge is 0.257 e. The summed E-state index contributed by atoms with van der Waals surface area (Å²) >= 11 is 5.22. The van der Waals surface area contributed by atoms with Crippen LogP contribution in [0.2, 0.25) is 0 Å². The van der Waals surface area contributed by atoms with Crippen molar-refractivity contribution in [3.63, 3.8) is 0 Å². The molecule has 6 heteroatoms. The van der Waals surface area contributed by atoms with Crippen LogP contribution in [0.1, 0.15) is 15.9 Å². The second-order valence-electron chi connectivity index (χ2n) is 6.34. The molecule has 28 heavy (non-hydrogen) atoms. The summed E-state index contributed by atoms with van der Waals surface area (Å²) in [5.41, 5.74) is 4.89. The molecule has 0 fully saturated rings. The fourth-order valence-electron chi connectivity index (χ4n) is 2.78. The Hall–Kier alpha value is -3.51. The van der Waals surface area contributed by atoms with Crippen LogP contribution in [0.5, 0.6) is 0 Å². The van der Waals surface area contributed by atoms with Gasteiger partial charge in [0.25, 0.3) is 5.91 Å². The number of nitrogens with zero attached hydrogens (tertiary/aromatic N) is 1. The minimum absolute atomic E-state index is 0.235. The van der Waals surface area contributed by atoms with Crippen LogP contribution in [0.4, 0.5) is 5.69 Å². The maximum absolute atomic E-state index is 12.1. The van der Waals surface area contributed by atoms with Crippen molar-refractivity contribution in [1.29, 1.82) is 0 Å². The molecule has 0 bridgehead atoms. The predicted octanol–water partition coefficient (Wildman–Crippen LogP) is 4.93.